The van der Waals surface area contributed by atoms with Crippen LogP contribution in [0.15, 0.2) is 15.9 Å². The van der Waals surface area contributed by atoms with Gasteiger partial charge < -0.3 is 10.4 Å². The van der Waals surface area contributed by atoms with Crippen LogP contribution in [0.4, 0.5) is 0 Å². The number of carboxylic acids is 1. The van der Waals surface area contributed by atoms with E-state index in [0.717, 1.165) is 22.4 Å². The van der Waals surface area contributed by atoms with E-state index in [2.05, 4.69) is 21.2 Å². The minimum absolute atomic E-state index is 0.162. The van der Waals surface area contributed by atoms with E-state index in [0.29, 0.717) is 18.6 Å². The predicted octanol–water partition coefficient (Wildman–Crippen LogP) is 2.91. The van der Waals surface area contributed by atoms with E-state index in [4.69, 9.17) is 0 Å². The Morgan fingerprint density at radius 3 is 2.80 bits per heavy atom. The molecule has 1 amide bonds. The largest absolute Gasteiger partial charge is 0.479 e. The summed E-state index contributed by atoms with van der Waals surface area (Å²) in [5, 5.41) is 12.0. The summed E-state index contributed by atoms with van der Waals surface area (Å²) < 4.78 is 1.09. The average Bonchev–Trinajstić information content (AvgIpc) is 2.99. The Morgan fingerprint density at radius 2 is 2.25 bits per heavy atom. The SMILES string of the molecule is O=C(CCCc1ccc(Br)s1)NC1(C(=O)O)CCSC1. The van der Waals surface area contributed by atoms with Crippen LogP contribution in [0.25, 0.3) is 0 Å². The van der Waals surface area contributed by atoms with Crippen molar-refractivity contribution in [1.29, 1.82) is 0 Å². The lowest BCUT2D eigenvalue weighted by molar-refractivity contribution is -0.146. The van der Waals surface area contributed by atoms with Crippen molar-refractivity contribution in [3.05, 3.63) is 20.8 Å². The molecule has 2 rings (SSSR count). The third-order valence-corrected chi connectivity index (χ3v) is 6.14. The van der Waals surface area contributed by atoms with Gasteiger partial charge in [0.1, 0.15) is 5.54 Å². The quantitative estimate of drug-likeness (QED) is 0.799. The van der Waals surface area contributed by atoms with Gasteiger partial charge in [0.2, 0.25) is 5.91 Å². The van der Waals surface area contributed by atoms with Crippen molar-refractivity contribution in [2.45, 2.75) is 31.2 Å². The van der Waals surface area contributed by atoms with E-state index in [-0.39, 0.29) is 5.91 Å². The first-order valence-electron chi connectivity index (χ1n) is 6.38. The fraction of sp³-hybridized carbons (Fsp3) is 0.538. The van der Waals surface area contributed by atoms with Crippen molar-refractivity contribution in [3.63, 3.8) is 0 Å². The number of thiophene rings is 1. The van der Waals surface area contributed by atoms with Gasteiger partial charge in [-0.1, -0.05) is 0 Å². The molecule has 0 spiro atoms. The Morgan fingerprint density at radius 1 is 1.45 bits per heavy atom. The van der Waals surface area contributed by atoms with Crippen molar-refractivity contribution >= 4 is 50.9 Å². The smallest absolute Gasteiger partial charge is 0.330 e. The Kier molecular flexibility index (Phi) is 5.51. The number of amides is 1. The number of nitrogens with one attached hydrogen (secondary N) is 1. The topological polar surface area (TPSA) is 66.4 Å². The molecule has 1 aromatic rings. The van der Waals surface area contributed by atoms with Gasteiger partial charge in [0.05, 0.1) is 3.79 Å². The molecule has 0 aliphatic carbocycles. The zero-order valence-corrected chi connectivity index (χ0v) is 14.1. The molecule has 0 saturated carbocycles. The number of halogens is 1. The molecule has 2 heterocycles. The number of aliphatic carboxylic acids is 1. The van der Waals surface area contributed by atoms with Gasteiger partial charge >= 0.3 is 5.97 Å². The maximum absolute atomic E-state index is 11.9. The molecule has 1 fully saturated rings. The summed E-state index contributed by atoms with van der Waals surface area (Å²) in [6, 6.07) is 4.04. The van der Waals surface area contributed by atoms with Gasteiger partial charge in [-0.15, -0.1) is 11.3 Å². The highest BCUT2D eigenvalue weighted by Crippen LogP contribution is 2.28. The first-order chi connectivity index (χ1) is 9.52. The molecule has 20 heavy (non-hydrogen) atoms. The molecule has 0 radical (unpaired) electrons. The van der Waals surface area contributed by atoms with Gasteiger partial charge in [-0.2, -0.15) is 11.8 Å². The van der Waals surface area contributed by atoms with Gasteiger partial charge in [0.25, 0.3) is 0 Å². The number of thioether (sulfide) groups is 1. The number of carbonyl (C=O) groups is 2. The van der Waals surface area contributed by atoms with Crippen LogP contribution in [0.3, 0.4) is 0 Å². The molecule has 0 bridgehead atoms. The molecule has 1 aliphatic rings. The number of hydrogen-bond acceptors (Lipinski definition) is 4. The van der Waals surface area contributed by atoms with Crippen LogP contribution in [0, 0.1) is 0 Å². The van der Waals surface area contributed by atoms with E-state index in [1.54, 1.807) is 23.1 Å². The zero-order valence-electron chi connectivity index (χ0n) is 10.9. The van der Waals surface area contributed by atoms with Crippen molar-refractivity contribution in [2.24, 2.45) is 0 Å². The van der Waals surface area contributed by atoms with Gasteiger partial charge in [-0.25, -0.2) is 4.79 Å². The molecule has 1 atom stereocenters. The summed E-state index contributed by atoms with van der Waals surface area (Å²) in [5.41, 5.74) is -1.05. The van der Waals surface area contributed by atoms with Crippen LogP contribution < -0.4 is 5.32 Å². The second-order valence-corrected chi connectivity index (χ2v) is 8.45. The molecule has 4 nitrogen and oxygen atoms in total. The number of rotatable bonds is 6. The van der Waals surface area contributed by atoms with Crippen molar-refractivity contribution < 1.29 is 14.7 Å². The second kappa shape index (κ2) is 6.95. The summed E-state index contributed by atoms with van der Waals surface area (Å²) in [6.45, 7) is 0. The number of hydrogen-bond donors (Lipinski definition) is 2. The predicted molar refractivity (Wildman–Crippen MR) is 85.4 cm³/mol. The number of carbonyl (C=O) groups excluding carboxylic acids is 1. The Bertz CT molecular complexity index is 498. The summed E-state index contributed by atoms with van der Waals surface area (Å²) in [7, 11) is 0. The van der Waals surface area contributed by atoms with Gasteiger partial charge in [0, 0.05) is 17.1 Å². The lowest BCUT2D eigenvalue weighted by Crippen LogP contribution is -2.54. The maximum Gasteiger partial charge on any atom is 0.330 e. The Hall–Kier alpha value is -0.530. The van der Waals surface area contributed by atoms with E-state index in [1.807, 2.05) is 12.1 Å². The van der Waals surface area contributed by atoms with Crippen LogP contribution >= 0.6 is 39.0 Å². The number of aryl methyl sites for hydroxylation is 1. The lowest BCUT2D eigenvalue weighted by atomic mass is 9.99. The highest BCUT2D eigenvalue weighted by Gasteiger charge is 2.42. The van der Waals surface area contributed by atoms with E-state index < -0.39 is 11.5 Å². The first-order valence-corrected chi connectivity index (χ1v) is 9.15. The average molecular weight is 378 g/mol. The molecule has 1 unspecified atom stereocenters. The highest BCUT2D eigenvalue weighted by molar-refractivity contribution is 9.11. The molecule has 1 aromatic heterocycles. The standard InChI is InChI=1S/C13H16BrNO3S2/c14-10-5-4-9(20-10)2-1-3-11(16)15-13(12(17)18)6-7-19-8-13/h4-5H,1-3,6-8H2,(H,15,16)(H,17,18). The van der Waals surface area contributed by atoms with Crippen LogP contribution in [-0.4, -0.2) is 34.0 Å². The van der Waals surface area contributed by atoms with Gasteiger partial charge in [0.15, 0.2) is 0 Å². The lowest BCUT2D eigenvalue weighted by Gasteiger charge is -2.24. The van der Waals surface area contributed by atoms with Crippen LogP contribution in [0.2, 0.25) is 0 Å². The third kappa shape index (κ3) is 3.99. The van der Waals surface area contributed by atoms with Crippen molar-refractivity contribution in [1.82, 2.24) is 5.32 Å². The molecule has 2 N–H and O–H groups in total. The minimum Gasteiger partial charge on any atom is -0.479 e. The Labute approximate surface area is 134 Å². The van der Waals surface area contributed by atoms with Crippen LogP contribution in [-0.2, 0) is 16.0 Å². The summed E-state index contributed by atoms with van der Waals surface area (Å²) >= 11 is 6.65. The van der Waals surface area contributed by atoms with Crippen molar-refractivity contribution in [2.75, 3.05) is 11.5 Å². The monoisotopic (exact) mass is 377 g/mol. The summed E-state index contributed by atoms with van der Waals surface area (Å²) in [4.78, 5) is 24.5. The van der Waals surface area contributed by atoms with E-state index in [1.165, 1.54) is 4.88 Å². The fourth-order valence-corrected chi connectivity index (χ4v) is 4.97. The van der Waals surface area contributed by atoms with Crippen molar-refractivity contribution in [3.8, 4) is 0 Å². The molecule has 1 aliphatic heterocycles. The van der Waals surface area contributed by atoms with Crippen LogP contribution in [0.5, 0.6) is 0 Å². The maximum atomic E-state index is 11.9. The normalized spacial score (nSPS) is 21.9. The molecular weight excluding hydrogens is 362 g/mol. The Balaban J connectivity index is 1.78. The molecule has 110 valence electrons. The zero-order chi connectivity index (χ0) is 14.6. The molecular formula is C13H16BrNO3S2. The van der Waals surface area contributed by atoms with Gasteiger partial charge in [-0.3, -0.25) is 4.79 Å². The molecule has 0 aromatic carbocycles. The minimum atomic E-state index is -1.05. The highest BCUT2D eigenvalue weighted by atomic mass is 79.9. The van der Waals surface area contributed by atoms with E-state index in [9.17, 15) is 14.7 Å². The fourth-order valence-electron chi connectivity index (χ4n) is 2.12. The van der Waals surface area contributed by atoms with Gasteiger partial charge in [-0.05, 0) is 53.1 Å². The first kappa shape index (κ1) is 15.9. The molecule has 1 saturated heterocycles. The summed E-state index contributed by atoms with van der Waals surface area (Å²) in [6.07, 6.45) is 2.46. The second-order valence-electron chi connectivity index (χ2n) is 4.80. The third-order valence-electron chi connectivity index (χ3n) is 3.27. The van der Waals surface area contributed by atoms with Crippen LogP contribution in [0.1, 0.15) is 24.1 Å². The van der Waals surface area contributed by atoms with E-state index >= 15 is 0 Å². The number of carboxylic acid groups (broad SMARTS) is 1. The summed E-state index contributed by atoms with van der Waals surface area (Å²) in [5.74, 6) is 0.172. The molecule has 7 heteroatoms.